The van der Waals surface area contributed by atoms with Crippen LogP contribution < -0.4 is 0 Å². The van der Waals surface area contributed by atoms with Gasteiger partial charge in [0.25, 0.3) is 0 Å². The van der Waals surface area contributed by atoms with E-state index in [1.165, 1.54) is 4.90 Å². The van der Waals surface area contributed by atoms with Crippen molar-refractivity contribution >= 4 is 18.2 Å². The Morgan fingerprint density at radius 2 is 1.76 bits per heavy atom. The minimum Gasteiger partial charge on any atom is -0.481 e. The highest BCUT2D eigenvalue weighted by atomic mass is 16.6. The zero-order valence-corrected chi connectivity index (χ0v) is 17.1. The van der Waals surface area contributed by atoms with Gasteiger partial charge in [-0.15, -0.1) is 0 Å². The summed E-state index contributed by atoms with van der Waals surface area (Å²) in [7, 11) is 0. The molecule has 2 atom stereocenters. The van der Waals surface area contributed by atoms with Gasteiger partial charge in [0.1, 0.15) is 12.2 Å². The number of carbonyl (C=O) groups excluding carboxylic acids is 2. The zero-order chi connectivity index (χ0) is 21.2. The van der Waals surface area contributed by atoms with Crippen LogP contribution in [-0.4, -0.2) is 64.8 Å². The number of nitrogens with zero attached hydrogens (tertiary/aromatic N) is 2. The molecule has 1 aromatic carbocycles. The fourth-order valence-corrected chi connectivity index (χ4v) is 4.05. The number of likely N-dealkylation sites (tertiary alicyclic amines) is 2. The molecule has 0 saturated carbocycles. The van der Waals surface area contributed by atoms with Crippen LogP contribution >= 0.6 is 0 Å². The molecule has 8 nitrogen and oxygen atoms in total. The Hall–Kier alpha value is -2.77. The third-order valence-electron chi connectivity index (χ3n) is 5.45. The number of amides is 2. The molecule has 2 saturated heterocycles. The van der Waals surface area contributed by atoms with Gasteiger partial charge in [0.15, 0.2) is 0 Å². The van der Waals surface area contributed by atoms with Gasteiger partial charge in [-0.25, -0.2) is 9.59 Å². The van der Waals surface area contributed by atoms with E-state index in [9.17, 15) is 19.5 Å². The summed E-state index contributed by atoms with van der Waals surface area (Å²) in [5, 5.41) is 9.74. The molecule has 0 unspecified atom stereocenters. The molecule has 3 rings (SSSR count). The van der Waals surface area contributed by atoms with E-state index in [1.807, 2.05) is 30.3 Å². The third-order valence-corrected chi connectivity index (χ3v) is 5.45. The molecule has 2 heterocycles. The van der Waals surface area contributed by atoms with Crippen LogP contribution in [0.1, 0.15) is 32.8 Å². The lowest BCUT2D eigenvalue weighted by molar-refractivity contribution is -0.144. The first-order valence-corrected chi connectivity index (χ1v) is 9.76. The molecule has 29 heavy (non-hydrogen) atoms. The van der Waals surface area contributed by atoms with Crippen LogP contribution in [0.5, 0.6) is 0 Å². The SMILES string of the molecule is CC(C)(C)OC(=O)N1CC[C@@]2(CN(C(=O)OCc3ccccc3)C[C@H]2C(=O)O)C1. The second kappa shape index (κ2) is 7.93. The molecule has 2 aliphatic rings. The number of ether oxygens (including phenoxy) is 2. The summed E-state index contributed by atoms with van der Waals surface area (Å²) >= 11 is 0. The smallest absolute Gasteiger partial charge is 0.410 e. The maximum Gasteiger partial charge on any atom is 0.410 e. The van der Waals surface area contributed by atoms with Gasteiger partial charge in [0.2, 0.25) is 0 Å². The van der Waals surface area contributed by atoms with Crippen molar-refractivity contribution in [2.45, 2.75) is 39.4 Å². The number of carboxylic acid groups (broad SMARTS) is 1. The molecule has 8 heteroatoms. The van der Waals surface area contributed by atoms with Gasteiger partial charge in [-0.05, 0) is 32.8 Å². The molecule has 0 aromatic heterocycles. The van der Waals surface area contributed by atoms with E-state index < -0.39 is 35.1 Å². The van der Waals surface area contributed by atoms with Crippen molar-refractivity contribution in [2.75, 3.05) is 26.2 Å². The number of hydrogen-bond donors (Lipinski definition) is 1. The Bertz CT molecular complexity index is 775. The second-order valence-electron chi connectivity index (χ2n) is 8.83. The van der Waals surface area contributed by atoms with Gasteiger partial charge in [0, 0.05) is 31.6 Å². The molecule has 1 spiro atoms. The van der Waals surface area contributed by atoms with Gasteiger partial charge in [0.05, 0.1) is 5.92 Å². The molecular formula is C21H28N2O6. The van der Waals surface area contributed by atoms with Crippen molar-refractivity contribution in [1.29, 1.82) is 0 Å². The van der Waals surface area contributed by atoms with E-state index in [4.69, 9.17) is 9.47 Å². The molecule has 2 fully saturated rings. The maximum atomic E-state index is 12.5. The van der Waals surface area contributed by atoms with E-state index in [-0.39, 0.29) is 26.2 Å². The molecule has 1 N–H and O–H groups in total. The van der Waals surface area contributed by atoms with Gasteiger partial charge in [-0.1, -0.05) is 30.3 Å². The van der Waals surface area contributed by atoms with Gasteiger partial charge >= 0.3 is 18.2 Å². The van der Waals surface area contributed by atoms with Gasteiger partial charge in [-0.3, -0.25) is 4.79 Å². The lowest BCUT2D eigenvalue weighted by atomic mass is 9.77. The van der Waals surface area contributed by atoms with E-state index in [0.29, 0.717) is 13.0 Å². The Morgan fingerprint density at radius 1 is 1.10 bits per heavy atom. The van der Waals surface area contributed by atoms with Crippen LogP contribution in [0.2, 0.25) is 0 Å². The minimum absolute atomic E-state index is 0.0745. The number of aliphatic carboxylic acids is 1. The Morgan fingerprint density at radius 3 is 2.38 bits per heavy atom. The first-order chi connectivity index (χ1) is 13.6. The normalized spacial score (nSPS) is 24.0. The number of carboxylic acids is 1. The molecular weight excluding hydrogens is 376 g/mol. The summed E-state index contributed by atoms with van der Waals surface area (Å²) in [5.74, 6) is -1.71. The standard InChI is InChI=1S/C21H28N2O6/c1-20(2,3)29-19(27)22-10-9-21(13-22)14-23(11-16(21)17(24)25)18(26)28-12-15-7-5-4-6-8-15/h4-8,16H,9-14H2,1-3H3,(H,24,25)/t16-,21-/m0/s1. The summed E-state index contributed by atoms with van der Waals surface area (Å²) in [4.78, 5) is 39.8. The van der Waals surface area contributed by atoms with Crippen molar-refractivity contribution in [1.82, 2.24) is 9.80 Å². The van der Waals surface area contributed by atoms with Crippen LogP contribution in [0.4, 0.5) is 9.59 Å². The fraction of sp³-hybridized carbons (Fsp3) is 0.571. The van der Waals surface area contributed by atoms with Crippen molar-refractivity contribution in [2.24, 2.45) is 11.3 Å². The molecule has 2 amide bonds. The van der Waals surface area contributed by atoms with Crippen molar-refractivity contribution in [3.8, 4) is 0 Å². The van der Waals surface area contributed by atoms with Crippen molar-refractivity contribution in [3.05, 3.63) is 35.9 Å². The van der Waals surface area contributed by atoms with Gasteiger partial charge in [-0.2, -0.15) is 0 Å². The average molecular weight is 404 g/mol. The largest absolute Gasteiger partial charge is 0.481 e. The Kier molecular flexibility index (Phi) is 5.73. The average Bonchev–Trinajstić information content (AvgIpc) is 3.24. The van der Waals surface area contributed by atoms with E-state index in [2.05, 4.69) is 0 Å². The summed E-state index contributed by atoms with van der Waals surface area (Å²) in [6.45, 7) is 6.48. The maximum absolute atomic E-state index is 12.5. The number of rotatable bonds is 3. The molecule has 0 radical (unpaired) electrons. The molecule has 0 aliphatic carbocycles. The van der Waals surface area contributed by atoms with Crippen LogP contribution in [0.3, 0.4) is 0 Å². The van der Waals surface area contributed by atoms with Crippen LogP contribution in [0.15, 0.2) is 30.3 Å². The predicted molar refractivity (Wildman–Crippen MR) is 104 cm³/mol. The highest BCUT2D eigenvalue weighted by Crippen LogP contribution is 2.44. The summed E-state index contributed by atoms with van der Waals surface area (Å²) in [6.07, 6.45) is -0.484. The summed E-state index contributed by atoms with van der Waals surface area (Å²) in [6, 6.07) is 9.31. The quantitative estimate of drug-likeness (QED) is 0.832. The van der Waals surface area contributed by atoms with Crippen LogP contribution in [-0.2, 0) is 20.9 Å². The molecule has 158 valence electrons. The Balaban J connectivity index is 1.65. The third kappa shape index (κ3) is 4.81. The summed E-state index contributed by atoms with van der Waals surface area (Å²) in [5.41, 5.74) is -0.447. The number of hydrogen-bond acceptors (Lipinski definition) is 5. The highest BCUT2D eigenvalue weighted by Gasteiger charge is 2.56. The lowest BCUT2D eigenvalue weighted by Crippen LogP contribution is -2.41. The molecule has 0 bridgehead atoms. The zero-order valence-electron chi connectivity index (χ0n) is 17.1. The van der Waals surface area contributed by atoms with Crippen molar-refractivity contribution in [3.63, 3.8) is 0 Å². The lowest BCUT2D eigenvalue weighted by Gasteiger charge is -2.29. The number of carbonyl (C=O) groups is 3. The number of benzene rings is 1. The molecule has 1 aromatic rings. The molecule has 2 aliphatic heterocycles. The highest BCUT2D eigenvalue weighted by molar-refractivity contribution is 5.76. The van der Waals surface area contributed by atoms with E-state index >= 15 is 0 Å². The monoisotopic (exact) mass is 404 g/mol. The first kappa shape index (κ1) is 21.0. The van der Waals surface area contributed by atoms with Gasteiger partial charge < -0.3 is 24.4 Å². The summed E-state index contributed by atoms with van der Waals surface area (Å²) < 4.78 is 10.8. The van der Waals surface area contributed by atoms with Crippen molar-refractivity contribution < 1.29 is 29.0 Å². The minimum atomic E-state index is -0.964. The first-order valence-electron chi connectivity index (χ1n) is 9.76. The second-order valence-corrected chi connectivity index (χ2v) is 8.83. The van der Waals surface area contributed by atoms with E-state index in [0.717, 1.165) is 5.56 Å². The Labute approximate surface area is 170 Å². The van der Waals surface area contributed by atoms with E-state index in [1.54, 1.807) is 25.7 Å². The fourth-order valence-electron chi connectivity index (χ4n) is 4.05. The predicted octanol–water partition coefficient (Wildman–Crippen LogP) is 2.97. The van der Waals surface area contributed by atoms with Crippen LogP contribution in [0.25, 0.3) is 0 Å². The van der Waals surface area contributed by atoms with Crippen LogP contribution in [0, 0.1) is 11.3 Å². The topological polar surface area (TPSA) is 96.4 Å².